The summed E-state index contributed by atoms with van der Waals surface area (Å²) < 4.78 is 34.1. The molecule has 0 saturated carbocycles. The molecule has 5 heteroatoms. The molecular formula is C6H5O4S. The van der Waals surface area contributed by atoms with Crippen LogP contribution in [-0.4, -0.2) is 8.42 Å². The van der Waals surface area contributed by atoms with Crippen LogP contribution in [0.1, 0.15) is 0 Å². The molecule has 0 aliphatic heterocycles. The highest BCUT2D eigenvalue weighted by Gasteiger charge is 2.07. The molecule has 0 aromatic heterocycles. The highest BCUT2D eigenvalue weighted by atomic mass is 32.3. The molecule has 0 fully saturated rings. The molecule has 0 atom stereocenters. The van der Waals surface area contributed by atoms with E-state index in [4.69, 9.17) is 0 Å². The molecule has 1 aromatic rings. The van der Waals surface area contributed by atoms with Crippen molar-refractivity contribution in [3.05, 3.63) is 30.3 Å². The predicted octanol–water partition coefficient (Wildman–Crippen LogP) is 0.741. The minimum absolute atomic E-state index is 0.0301. The summed E-state index contributed by atoms with van der Waals surface area (Å²) in [5.74, 6) is 0.0301. The van der Waals surface area contributed by atoms with Gasteiger partial charge in [-0.3, -0.25) is 0 Å². The minimum atomic E-state index is -4.63. The van der Waals surface area contributed by atoms with Gasteiger partial charge < -0.3 is 4.18 Å². The van der Waals surface area contributed by atoms with E-state index in [1.165, 1.54) is 12.1 Å². The molecule has 0 saturated heterocycles. The summed E-state index contributed by atoms with van der Waals surface area (Å²) in [5, 5.41) is 0. The van der Waals surface area contributed by atoms with Crippen molar-refractivity contribution in [1.82, 2.24) is 0 Å². The van der Waals surface area contributed by atoms with Gasteiger partial charge in [-0.15, -0.1) is 0 Å². The van der Waals surface area contributed by atoms with Crippen LogP contribution in [0.4, 0.5) is 0 Å². The lowest BCUT2D eigenvalue weighted by Gasteiger charge is -1.96. The Bertz CT molecular complexity index is 316. The van der Waals surface area contributed by atoms with Crippen molar-refractivity contribution < 1.29 is 17.2 Å². The van der Waals surface area contributed by atoms with Crippen molar-refractivity contribution >= 4 is 10.4 Å². The van der Waals surface area contributed by atoms with Gasteiger partial charge in [0.05, 0.1) is 0 Å². The predicted molar refractivity (Wildman–Crippen MR) is 36.7 cm³/mol. The summed E-state index contributed by atoms with van der Waals surface area (Å²) in [5.41, 5.74) is 0. The molecule has 0 aliphatic carbocycles. The number of benzene rings is 1. The van der Waals surface area contributed by atoms with Crippen molar-refractivity contribution in [1.29, 1.82) is 0 Å². The van der Waals surface area contributed by atoms with Crippen LogP contribution in [0.15, 0.2) is 30.3 Å². The first-order valence-electron chi connectivity index (χ1n) is 2.78. The molecule has 1 rings (SSSR count). The summed E-state index contributed by atoms with van der Waals surface area (Å²) in [7, 11) is -4.63. The van der Waals surface area contributed by atoms with Crippen LogP contribution in [-0.2, 0) is 15.0 Å². The van der Waals surface area contributed by atoms with Crippen LogP contribution in [0.25, 0.3) is 0 Å². The van der Waals surface area contributed by atoms with E-state index in [0.29, 0.717) is 0 Å². The fourth-order valence-corrected chi connectivity index (χ4v) is 0.941. The van der Waals surface area contributed by atoms with E-state index in [1.807, 2.05) is 0 Å². The van der Waals surface area contributed by atoms with Crippen LogP contribution in [0.3, 0.4) is 0 Å². The maximum atomic E-state index is 10.0. The summed E-state index contributed by atoms with van der Waals surface area (Å²) in [6.07, 6.45) is 0. The van der Waals surface area contributed by atoms with Gasteiger partial charge in [-0.2, -0.15) is 8.42 Å². The van der Waals surface area contributed by atoms with Crippen molar-refractivity contribution in [3.8, 4) is 5.75 Å². The first-order valence-corrected chi connectivity index (χ1v) is 4.11. The van der Waals surface area contributed by atoms with Crippen LogP contribution in [0, 0.1) is 0 Å². The van der Waals surface area contributed by atoms with Crippen LogP contribution < -0.4 is 4.18 Å². The lowest BCUT2D eigenvalue weighted by Crippen LogP contribution is -2.04. The number of hydrogen-bond acceptors (Lipinski definition) is 3. The molecule has 0 heterocycles. The van der Waals surface area contributed by atoms with Crippen LogP contribution >= 0.6 is 0 Å². The number of hydrogen-bond donors (Lipinski definition) is 0. The van der Waals surface area contributed by atoms with E-state index >= 15 is 0 Å². The Balaban J connectivity index is 2.82. The Morgan fingerprint density at radius 2 is 1.64 bits per heavy atom. The summed E-state index contributed by atoms with van der Waals surface area (Å²) >= 11 is 0. The molecule has 0 amide bonds. The number of rotatable bonds is 2. The Hall–Kier alpha value is -1.07. The quantitative estimate of drug-likeness (QED) is 0.662. The molecule has 0 unspecified atom stereocenters. The van der Waals surface area contributed by atoms with Gasteiger partial charge in [-0.05, 0) is 12.1 Å². The second-order valence-electron chi connectivity index (χ2n) is 1.80. The van der Waals surface area contributed by atoms with E-state index in [2.05, 4.69) is 4.18 Å². The van der Waals surface area contributed by atoms with Crippen molar-refractivity contribution in [2.75, 3.05) is 0 Å². The van der Waals surface area contributed by atoms with Gasteiger partial charge in [-0.1, -0.05) is 22.8 Å². The molecule has 4 nitrogen and oxygen atoms in total. The average molecular weight is 173 g/mol. The third-order valence-electron chi connectivity index (χ3n) is 0.941. The normalized spacial score (nSPS) is 11.0. The van der Waals surface area contributed by atoms with E-state index < -0.39 is 10.4 Å². The molecular weight excluding hydrogens is 168 g/mol. The lowest BCUT2D eigenvalue weighted by atomic mass is 10.3. The highest BCUT2D eigenvalue weighted by Crippen LogP contribution is 2.10. The average Bonchev–Trinajstić information content (AvgIpc) is 1.85. The zero-order valence-electron chi connectivity index (χ0n) is 5.43. The Morgan fingerprint density at radius 1 is 1.09 bits per heavy atom. The van der Waals surface area contributed by atoms with Gasteiger partial charge in [0.15, 0.2) is 0 Å². The van der Waals surface area contributed by atoms with E-state index in [1.54, 1.807) is 18.2 Å². The minimum Gasteiger partial charge on any atom is -0.360 e. The van der Waals surface area contributed by atoms with Crippen molar-refractivity contribution in [3.63, 3.8) is 0 Å². The van der Waals surface area contributed by atoms with Gasteiger partial charge in [0.25, 0.3) is 0 Å². The molecule has 0 spiro atoms. The molecule has 11 heavy (non-hydrogen) atoms. The molecule has 1 radical (unpaired) electrons. The first kappa shape index (κ1) is 8.03. The van der Waals surface area contributed by atoms with E-state index in [0.717, 1.165) is 0 Å². The lowest BCUT2D eigenvalue weighted by molar-refractivity contribution is 0.337. The van der Waals surface area contributed by atoms with Gasteiger partial charge in [0.2, 0.25) is 0 Å². The number of para-hydroxylation sites is 1. The molecule has 0 N–H and O–H groups in total. The highest BCUT2D eigenvalue weighted by molar-refractivity contribution is 7.81. The van der Waals surface area contributed by atoms with E-state index in [-0.39, 0.29) is 5.75 Å². The van der Waals surface area contributed by atoms with E-state index in [9.17, 15) is 13.0 Å². The molecule has 0 aliphatic rings. The zero-order valence-corrected chi connectivity index (χ0v) is 6.24. The Labute approximate surface area is 64.4 Å². The summed E-state index contributed by atoms with van der Waals surface area (Å²) in [4.78, 5) is 0. The standard InChI is InChI=1S/C6H5O4S/c7-11(8,9)10-6-4-2-1-3-5-6/h1-5H. The topological polar surface area (TPSA) is 63.3 Å². The maximum Gasteiger partial charge on any atom is 0.477 e. The fraction of sp³-hybridized carbons (Fsp3) is 0. The van der Waals surface area contributed by atoms with Gasteiger partial charge in [0.1, 0.15) is 5.75 Å². The zero-order chi connectivity index (χ0) is 8.32. The second kappa shape index (κ2) is 2.89. The monoisotopic (exact) mass is 173 g/mol. The third kappa shape index (κ3) is 3.01. The largest absolute Gasteiger partial charge is 0.477 e. The maximum absolute atomic E-state index is 10.0. The second-order valence-corrected chi connectivity index (χ2v) is 2.79. The van der Waals surface area contributed by atoms with Crippen molar-refractivity contribution in [2.24, 2.45) is 0 Å². The van der Waals surface area contributed by atoms with Crippen molar-refractivity contribution in [2.45, 2.75) is 0 Å². The van der Waals surface area contributed by atoms with Gasteiger partial charge in [-0.25, -0.2) is 0 Å². The summed E-state index contributed by atoms with van der Waals surface area (Å²) in [6, 6.07) is 7.59. The fourth-order valence-electron chi connectivity index (χ4n) is 0.594. The third-order valence-corrected chi connectivity index (χ3v) is 1.34. The SMILES string of the molecule is [O]S(=O)(=O)Oc1ccccc1. The first-order chi connectivity index (χ1) is 5.08. The Morgan fingerprint density at radius 3 is 2.09 bits per heavy atom. The molecule has 0 bridgehead atoms. The van der Waals surface area contributed by atoms with Crippen LogP contribution in [0.2, 0.25) is 0 Å². The Kier molecular flexibility index (Phi) is 2.11. The summed E-state index contributed by atoms with van der Waals surface area (Å²) in [6.45, 7) is 0. The van der Waals surface area contributed by atoms with Gasteiger partial charge in [0, 0.05) is 0 Å². The van der Waals surface area contributed by atoms with Gasteiger partial charge >= 0.3 is 10.4 Å². The van der Waals surface area contributed by atoms with Crippen LogP contribution in [0.5, 0.6) is 5.75 Å². The smallest absolute Gasteiger partial charge is 0.360 e. The molecule has 1 aromatic carbocycles. The molecule has 59 valence electrons.